The van der Waals surface area contributed by atoms with Crippen molar-refractivity contribution in [3.8, 4) is 0 Å². The molecule has 0 saturated carbocycles. The van der Waals surface area contributed by atoms with E-state index in [2.05, 4.69) is 13.8 Å². The number of ether oxygens (including phenoxy) is 1. The Balaban J connectivity index is 4.35. The van der Waals surface area contributed by atoms with Gasteiger partial charge in [-0.15, -0.1) is 11.6 Å². The second kappa shape index (κ2) is 8.59. The Morgan fingerprint density at radius 2 is 2.12 bits per heavy atom. The summed E-state index contributed by atoms with van der Waals surface area (Å²) in [5.41, 5.74) is 0. The molecule has 0 aromatic heterocycles. The van der Waals surface area contributed by atoms with Gasteiger partial charge in [-0.2, -0.15) is 0 Å². The van der Waals surface area contributed by atoms with E-state index >= 15 is 0 Å². The molecule has 0 saturated heterocycles. The fourth-order valence-electron chi connectivity index (χ4n) is 1.42. The molecular weight excluding hydrogens is 228 g/mol. The number of hydrogen-bond donors (Lipinski definition) is 1. The monoisotopic (exact) mass is 248 g/mol. The number of rotatable bonds is 7. The number of halogens is 1. The molecule has 2 atom stereocenters. The van der Waals surface area contributed by atoms with Gasteiger partial charge in [0.2, 0.25) is 0 Å². The summed E-state index contributed by atoms with van der Waals surface area (Å²) in [5, 5.41) is 9.67. The Hall–Kier alpha value is -0.540. The van der Waals surface area contributed by atoms with Crippen LogP contribution in [0.15, 0.2) is 12.2 Å². The lowest BCUT2D eigenvalue weighted by Gasteiger charge is -2.19. The van der Waals surface area contributed by atoms with Gasteiger partial charge in [0.25, 0.3) is 0 Å². The second-order valence-corrected chi connectivity index (χ2v) is 4.43. The normalized spacial score (nSPS) is 15.4. The molecule has 0 amide bonds. The number of aliphatic hydroxyl groups is 1. The molecule has 0 unspecified atom stereocenters. The summed E-state index contributed by atoms with van der Waals surface area (Å²) >= 11 is 5.61. The molecule has 0 aromatic carbocycles. The van der Waals surface area contributed by atoms with Crippen molar-refractivity contribution in [2.45, 2.75) is 33.3 Å². The average Bonchev–Trinajstić information content (AvgIpc) is 2.23. The molecule has 0 fully saturated rings. The van der Waals surface area contributed by atoms with Crippen molar-refractivity contribution in [3.63, 3.8) is 0 Å². The zero-order valence-electron chi connectivity index (χ0n) is 10.1. The maximum atomic E-state index is 11.1. The number of aliphatic hydroxyl groups excluding tert-OH is 1. The van der Waals surface area contributed by atoms with Crippen LogP contribution in [0, 0.1) is 11.8 Å². The molecular formula is C12H21ClO3. The number of esters is 1. The summed E-state index contributed by atoms with van der Waals surface area (Å²) in [4.78, 5) is 11.1. The van der Waals surface area contributed by atoms with Crippen molar-refractivity contribution in [2.24, 2.45) is 11.8 Å². The molecule has 0 heterocycles. The lowest BCUT2D eigenvalue weighted by molar-refractivity contribution is -0.137. The first kappa shape index (κ1) is 15.5. The maximum absolute atomic E-state index is 11.1. The van der Waals surface area contributed by atoms with Crippen molar-refractivity contribution >= 4 is 17.6 Å². The standard InChI is InChI=1S/C12H21ClO3/c1-4-16-12(15)6-5-10(7-9(2)3)11(14)8-13/h5-6,9-11,14H,4,7-8H2,1-3H3/b6-5+/t10-,11-/m0/s1. The highest BCUT2D eigenvalue weighted by Gasteiger charge is 2.17. The largest absolute Gasteiger partial charge is 0.463 e. The van der Waals surface area contributed by atoms with Crippen LogP contribution in [-0.4, -0.2) is 29.7 Å². The highest BCUT2D eigenvalue weighted by atomic mass is 35.5. The van der Waals surface area contributed by atoms with Crippen LogP contribution in [0.1, 0.15) is 27.2 Å². The van der Waals surface area contributed by atoms with E-state index in [1.807, 2.05) is 0 Å². The third-order valence-corrected chi connectivity index (χ3v) is 2.48. The quantitative estimate of drug-likeness (QED) is 0.428. The topological polar surface area (TPSA) is 46.5 Å². The third-order valence-electron chi connectivity index (χ3n) is 2.16. The zero-order valence-corrected chi connectivity index (χ0v) is 10.9. The molecule has 0 aliphatic heterocycles. The minimum Gasteiger partial charge on any atom is -0.463 e. The van der Waals surface area contributed by atoms with E-state index in [9.17, 15) is 9.90 Å². The van der Waals surface area contributed by atoms with E-state index in [-0.39, 0.29) is 17.8 Å². The number of carbonyl (C=O) groups is 1. The highest BCUT2D eigenvalue weighted by molar-refractivity contribution is 6.18. The van der Waals surface area contributed by atoms with E-state index in [1.54, 1.807) is 13.0 Å². The molecule has 3 nitrogen and oxygen atoms in total. The number of alkyl halides is 1. The Labute approximate surface area is 102 Å². The molecule has 0 aliphatic rings. The van der Waals surface area contributed by atoms with Crippen LogP contribution in [-0.2, 0) is 9.53 Å². The van der Waals surface area contributed by atoms with Crippen LogP contribution in [0.2, 0.25) is 0 Å². The highest BCUT2D eigenvalue weighted by Crippen LogP contribution is 2.18. The molecule has 0 radical (unpaired) electrons. The van der Waals surface area contributed by atoms with Crippen molar-refractivity contribution < 1.29 is 14.6 Å². The van der Waals surface area contributed by atoms with Gasteiger partial charge in [0.1, 0.15) is 0 Å². The predicted molar refractivity (Wildman–Crippen MR) is 65.4 cm³/mol. The summed E-state index contributed by atoms with van der Waals surface area (Å²) in [5.74, 6) is 0.138. The van der Waals surface area contributed by atoms with Crippen molar-refractivity contribution in [1.82, 2.24) is 0 Å². The van der Waals surface area contributed by atoms with Gasteiger partial charge in [-0.3, -0.25) is 0 Å². The van der Waals surface area contributed by atoms with Gasteiger partial charge < -0.3 is 9.84 Å². The minimum atomic E-state index is -0.616. The number of hydrogen-bond acceptors (Lipinski definition) is 3. The van der Waals surface area contributed by atoms with Crippen LogP contribution in [0.25, 0.3) is 0 Å². The molecule has 0 rings (SSSR count). The van der Waals surface area contributed by atoms with E-state index in [4.69, 9.17) is 16.3 Å². The van der Waals surface area contributed by atoms with Gasteiger partial charge in [0.15, 0.2) is 0 Å². The van der Waals surface area contributed by atoms with Crippen LogP contribution in [0.4, 0.5) is 0 Å². The molecule has 16 heavy (non-hydrogen) atoms. The van der Waals surface area contributed by atoms with Gasteiger partial charge >= 0.3 is 5.97 Å². The Morgan fingerprint density at radius 3 is 2.56 bits per heavy atom. The fraction of sp³-hybridized carbons (Fsp3) is 0.750. The summed E-state index contributed by atoms with van der Waals surface area (Å²) in [6, 6.07) is 0. The fourth-order valence-corrected chi connectivity index (χ4v) is 1.64. The lowest BCUT2D eigenvalue weighted by atomic mass is 9.92. The van der Waals surface area contributed by atoms with E-state index in [0.717, 1.165) is 6.42 Å². The summed E-state index contributed by atoms with van der Waals surface area (Å²) in [6.07, 6.45) is 3.23. The molecule has 0 aromatic rings. The van der Waals surface area contributed by atoms with Crippen LogP contribution >= 0.6 is 11.6 Å². The van der Waals surface area contributed by atoms with Crippen molar-refractivity contribution in [3.05, 3.63) is 12.2 Å². The van der Waals surface area contributed by atoms with E-state index in [0.29, 0.717) is 12.5 Å². The van der Waals surface area contributed by atoms with Gasteiger partial charge in [-0.05, 0) is 19.3 Å². The first-order valence-corrected chi connectivity index (χ1v) is 6.13. The van der Waals surface area contributed by atoms with Crippen molar-refractivity contribution in [2.75, 3.05) is 12.5 Å². The van der Waals surface area contributed by atoms with Crippen LogP contribution < -0.4 is 0 Å². The average molecular weight is 249 g/mol. The summed E-state index contributed by atoms with van der Waals surface area (Å²) < 4.78 is 4.77. The van der Waals surface area contributed by atoms with Crippen LogP contribution in [0.5, 0.6) is 0 Å². The minimum absolute atomic E-state index is 0.0955. The molecule has 94 valence electrons. The summed E-state index contributed by atoms with van der Waals surface area (Å²) in [7, 11) is 0. The first-order valence-electron chi connectivity index (χ1n) is 5.60. The Kier molecular flexibility index (Phi) is 8.30. The summed E-state index contributed by atoms with van der Waals surface area (Å²) in [6.45, 7) is 6.24. The Bertz CT molecular complexity index is 226. The predicted octanol–water partition coefficient (Wildman–Crippen LogP) is 2.37. The maximum Gasteiger partial charge on any atom is 0.330 e. The van der Waals surface area contributed by atoms with Crippen LogP contribution in [0.3, 0.4) is 0 Å². The Morgan fingerprint density at radius 1 is 1.50 bits per heavy atom. The third kappa shape index (κ3) is 6.85. The van der Waals surface area contributed by atoms with Gasteiger partial charge in [-0.25, -0.2) is 4.79 Å². The smallest absolute Gasteiger partial charge is 0.330 e. The molecule has 0 spiro atoms. The van der Waals surface area contributed by atoms with Gasteiger partial charge in [0.05, 0.1) is 12.7 Å². The van der Waals surface area contributed by atoms with E-state index in [1.165, 1.54) is 6.08 Å². The molecule has 1 N–H and O–H groups in total. The number of carbonyl (C=O) groups excluding carboxylic acids is 1. The second-order valence-electron chi connectivity index (χ2n) is 4.13. The van der Waals surface area contributed by atoms with Gasteiger partial charge in [0, 0.05) is 17.9 Å². The molecule has 4 heteroatoms. The van der Waals surface area contributed by atoms with Crippen molar-refractivity contribution in [1.29, 1.82) is 0 Å². The van der Waals surface area contributed by atoms with E-state index < -0.39 is 6.10 Å². The first-order chi connectivity index (χ1) is 7.51. The van der Waals surface area contributed by atoms with Gasteiger partial charge in [-0.1, -0.05) is 19.9 Å². The molecule has 0 bridgehead atoms. The zero-order chi connectivity index (χ0) is 12.6. The molecule has 0 aliphatic carbocycles. The lowest BCUT2D eigenvalue weighted by Crippen LogP contribution is -2.22. The SMILES string of the molecule is CCOC(=O)/C=C/[C@@H](CC(C)C)[C@@H](O)CCl.